The summed E-state index contributed by atoms with van der Waals surface area (Å²) in [5.74, 6) is 0.426. The Morgan fingerprint density at radius 1 is 1.41 bits per heavy atom. The van der Waals surface area contributed by atoms with Crippen molar-refractivity contribution in [3.8, 4) is 0 Å². The summed E-state index contributed by atoms with van der Waals surface area (Å²) < 4.78 is 10.6. The zero-order valence-electron chi connectivity index (χ0n) is 12.8. The topological polar surface area (TPSA) is 80.1 Å². The van der Waals surface area contributed by atoms with Gasteiger partial charge in [0.2, 0.25) is 5.89 Å². The lowest BCUT2D eigenvalue weighted by molar-refractivity contribution is 0.0502. The number of H-pyrrole nitrogens is 1. The van der Waals surface area contributed by atoms with Gasteiger partial charge in [0, 0.05) is 0 Å². The van der Waals surface area contributed by atoms with Gasteiger partial charge in [-0.25, -0.2) is 9.89 Å². The third kappa shape index (κ3) is 5.00. The van der Waals surface area contributed by atoms with Crippen LogP contribution in [0.25, 0.3) is 0 Å². The molecule has 0 fully saturated rings. The molecule has 0 saturated carbocycles. The number of aromatic nitrogens is 2. The van der Waals surface area contributed by atoms with Gasteiger partial charge in [0.05, 0.1) is 12.5 Å². The average Bonchev–Trinajstić information content (AvgIpc) is 2.82. The number of alkyl carbamates (subject to hydrolysis) is 1. The van der Waals surface area contributed by atoms with E-state index in [1.165, 1.54) is 0 Å². The summed E-state index contributed by atoms with van der Waals surface area (Å²) in [7, 11) is 0. The Hall–Kier alpha value is -2.15. The van der Waals surface area contributed by atoms with Gasteiger partial charge >= 0.3 is 6.09 Å². The van der Waals surface area contributed by atoms with Crippen LogP contribution in [-0.4, -0.2) is 21.9 Å². The molecule has 1 atom stereocenters. The minimum atomic E-state index is -0.560. The van der Waals surface area contributed by atoms with E-state index in [1.54, 1.807) is 0 Å². The normalized spacial score (nSPS) is 12.7. The van der Waals surface area contributed by atoms with Gasteiger partial charge < -0.3 is 14.5 Å². The van der Waals surface area contributed by atoms with Gasteiger partial charge in [-0.2, -0.15) is 0 Å². The van der Waals surface area contributed by atoms with Gasteiger partial charge in [-0.05, 0) is 38.6 Å². The Balaban J connectivity index is 2.15. The number of benzene rings is 1. The molecule has 0 spiro atoms. The number of aromatic amines is 1. The van der Waals surface area contributed by atoms with E-state index < -0.39 is 11.7 Å². The number of amides is 1. The highest BCUT2D eigenvalue weighted by atomic mass is 32.1. The molecule has 1 heterocycles. The SMILES string of the molecule is CC(C)(C)OC(=O)NC(Cc1n[nH]c(=S)o1)c1ccccc1. The summed E-state index contributed by atoms with van der Waals surface area (Å²) in [6.07, 6.45) is -0.119. The van der Waals surface area contributed by atoms with Crippen molar-refractivity contribution in [2.24, 2.45) is 0 Å². The maximum absolute atomic E-state index is 12.0. The number of hydrogen-bond donors (Lipinski definition) is 2. The number of carbonyl (C=O) groups excluding carboxylic acids is 1. The molecule has 0 aliphatic carbocycles. The van der Waals surface area contributed by atoms with Gasteiger partial charge in [-0.15, -0.1) is 5.10 Å². The molecule has 2 rings (SSSR count). The fraction of sp³-hybridized carbons (Fsp3) is 0.400. The molecule has 1 unspecified atom stereocenters. The Morgan fingerprint density at radius 3 is 2.64 bits per heavy atom. The number of hydrogen-bond acceptors (Lipinski definition) is 5. The van der Waals surface area contributed by atoms with E-state index in [4.69, 9.17) is 21.4 Å². The van der Waals surface area contributed by atoms with Crippen LogP contribution in [0.4, 0.5) is 4.79 Å². The van der Waals surface area contributed by atoms with E-state index in [-0.39, 0.29) is 10.9 Å². The third-order valence-electron chi connectivity index (χ3n) is 2.75. The van der Waals surface area contributed by atoms with Crippen LogP contribution < -0.4 is 5.32 Å². The van der Waals surface area contributed by atoms with Crippen molar-refractivity contribution in [1.82, 2.24) is 15.5 Å². The molecule has 118 valence electrons. The second kappa shape index (κ2) is 6.74. The van der Waals surface area contributed by atoms with Gasteiger partial charge in [-0.1, -0.05) is 30.3 Å². The Kier molecular flexibility index (Phi) is 4.97. The minimum absolute atomic E-state index is 0.207. The van der Waals surface area contributed by atoms with E-state index in [2.05, 4.69) is 15.5 Å². The van der Waals surface area contributed by atoms with E-state index >= 15 is 0 Å². The lowest BCUT2D eigenvalue weighted by Gasteiger charge is -2.23. The molecule has 0 aliphatic heterocycles. The van der Waals surface area contributed by atoms with Gasteiger partial charge in [0.25, 0.3) is 4.84 Å². The standard InChI is InChI=1S/C15H19N3O3S/c1-15(2,3)21-13(19)16-11(10-7-5-4-6-8-10)9-12-17-18-14(22)20-12/h4-8,11H,9H2,1-3H3,(H,16,19)(H,18,22). The van der Waals surface area contributed by atoms with Crippen LogP contribution in [0.3, 0.4) is 0 Å². The first kappa shape index (κ1) is 16.2. The fourth-order valence-corrected chi connectivity index (χ4v) is 2.05. The predicted octanol–water partition coefficient (Wildman–Crippen LogP) is 3.54. The first-order chi connectivity index (χ1) is 10.3. The predicted molar refractivity (Wildman–Crippen MR) is 83.9 cm³/mol. The molecule has 1 aromatic carbocycles. The highest BCUT2D eigenvalue weighted by Gasteiger charge is 2.22. The number of rotatable bonds is 4. The first-order valence-electron chi connectivity index (χ1n) is 6.92. The second-order valence-electron chi connectivity index (χ2n) is 5.82. The smallest absolute Gasteiger partial charge is 0.408 e. The van der Waals surface area contributed by atoms with Crippen LogP contribution >= 0.6 is 12.2 Å². The molecule has 6 nitrogen and oxygen atoms in total. The average molecular weight is 321 g/mol. The minimum Gasteiger partial charge on any atom is -0.444 e. The molecule has 2 aromatic rings. The van der Waals surface area contributed by atoms with E-state index in [0.29, 0.717) is 12.3 Å². The van der Waals surface area contributed by atoms with Crippen LogP contribution in [0.5, 0.6) is 0 Å². The van der Waals surface area contributed by atoms with E-state index in [1.807, 2.05) is 51.1 Å². The number of carbonyl (C=O) groups is 1. The lowest BCUT2D eigenvalue weighted by Crippen LogP contribution is -2.35. The fourth-order valence-electron chi connectivity index (χ4n) is 1.91. The maximum Gasteiger partial charge on any atom is 0.408 e. The molecule has 1 amide bonds. The highest BCUT2D eigenvalue weighted by molar-refractivity contribution is 7.71. The second-order valence-corrected chi connectivity index (χ2v) is 6.19. The molecule has 7 heteroatoms. The summed E-state index contributed by atoms with van der Waals surface area (Å²) in [6, 6.07) is 9.23. The zero-order valence-corrected chi connectivity index (χ0v) is 13.6. The number of ether oxygens (including phenoxy) is 1. The first-order valence-corrected chi connectivity index (χ1v) is 7.33. The van der Waals surface area contributed by atoms with Crippen molar-refractivity contribution in [2.45, 2.75) is 38.8 Å². The molecular weight excluding hydrogens is 302 g/mol. The van der Waals surface area contributed by atoms with Gasteiger partial charge in [0.15, 0.2) is 0 Å². The van der Waals surface area contributed by atoms with Crippen molar-refractivity contribution in [2.75, 3.05) is 0 Å². The number of nitrogens with one attached hydrogen (secondary N) is 2. The van der Waals surface area contributed by atoms with Crippen LogP contribution in [0.15, 0.2) is 34.7 Å². The quantitative estimate of drug-likeness (QED) is 0.842. The molecule has 0 bridgehead atoms. The zero-order chi connectivity index (χ0) is 16.2. The molecule has 0 aliphatic rings. The summed E-state index contributed by atoms with van der Waals surface area (Å²) in [5.41, 5.74) is 0.369. The van der Waals surface area contributed by atoms with Crippen LogP contribution in [0.1, 0.15) is 38.3 Å². The Bertz CT molecular complexity index is 673. The van der Waals surface area contributed by atoms with Crippen LogP contribution in [0, 0.1) is 4.84 Å². The summed E-state index contributed by atoms with van der Waals surface area (Å²) in [4.78, 5) is 12.2. The van der Waals surface area contributed by atoms with Crippen LogP contribution in [-0.2, 0) is 11.2 Å². The third-order valence-corrected chi connectivity index (χ3v) is 2.93. The molecule has 1 aromatic heterocycles. The highest BCUT2D eigenvalue weighted by Crippen LogP contribution is 2.18. The number of nitrogens with zero attached hydrogens (tertiary/aromatic N) is 1. The molecule has 2 N–H and O–H groups in total. The van der Waals surface area contributed by atoms with E-state index in [9.17, 15) is 4.79 Å². The Morgan fingerprint density at radius 2 is 2.09 bits per heavy atom. The lowest BCUT2D eigenvalue weighted by atomic mass is 10.0. The monoisotopic (exact) mass is 321 g/mol. The molecular formula is C15H19N3O3S. The summed E-state index contributed by atoms with van der Waals surface area (Å²) in [5, 5.41) is 9.38. The van der Waals surface area contributed by atoms with Crippen LogP contribution in [0.2, 0.25) is 0 Å². The van der Waals surface area contributed by atoms with Crippen molar-refractivity contribution in [1.29, 1.82) is 0 Å². The van der Waals surface area contributed by atoms with Crippen molar-refractivity contribution >= 4 is 18.3 Å². The largest absolute Gasteiger partial charge is 0.444 e. The maximum atomic E-state index is 12.0. The van der Waals surface area contributed by atoms with Crippen molar-refractivity contribution in [3.05, 3.63) is 46.6 Å². The summed E-state index contributed by atoms with van der Waals surface area (Å²) in [6.45, 7) is 5.45. The van der Waals surface area contributed by atoms with Gasteiger partial charge in [-0.3, -0.25) is 0 Å². The van der Waals surface area contributed by atoms with Crippen molar-refractivity contribution < 1.29 is 13.9 Å². The Labute approximate surface area is 133 Å². The molecule has 0 radical (unpaired) electrons. The molecule has 22 heavy (non-hydrogen) atoms. The summed E-state index contributed by atoms with van der Waals surface area (Å²) >= 11 is 4.87. The van der Waals surface area contributed by atoms with Gasteiger partial charge in [0.1, 0.15) is 5.60 Å². The van der Waals surface area contributed by atoms with E-state index in [0.717, 1.165) is 5.56 Å². The molecule has 0 saturated heterocycles. The van der Waals surface area contributed by atoms with Crippen molar-refractivity contribution in [3.63, 3.8) is 0 Å².